The van der Waals surface area contributed by atoms with Crippen LogP contribution in [0.2, 0.25) is 0 Å². The number of alkyl halides is 1. The Morgan fingerprint density at radius 1 is 1.23 bits per heavy atom. The molecule has 2 atom stereocenters. The van der Waals surface area contributed by atoms with Gasteiger partial charge in [0, 0.05) is 19.5 Å². The molecule has 0 radical (unpaired) electrons. The molecule has 2 aromatic carbocycles. The third-order valence-electron chi connectivity index (χ3n) is 4.15. The van der Waals surface area contributed by atoms with Gasteiger partial charge in [0.25, 0.3) is 5.24 Å². The highest BCUT2D eigenvalue weighted by Crippen LogP contribution is 2.30. The van der Waals surface area contributed by atoms with Crippen LogP contribution in [0, 0.1) is 5.82 Å². The summed E-state index contributed by atoms with van der Waals surface area (Å²) in [6, 6.07) is 13.7. The van der Waals surface area contributed by atoms with Crippen LogP contribution in [-0.2, 0) is 13.2 Å². The van der Waals surface area contributed by atoms with Gasteiger partial charge in [-0.15, -0.1) is 0 Å². The first-order chi connectivity index (χ1) is 12.5. The van der Waals surface area contributed by atoms with Crippen molar-refractivity contribution in [2.75, 3.05) is 6.54 Å². The van der Waals surface area contributed by atoms with Gasteiger partial charge >= 0.3 is 0 Å². The lowest BCUT2D eigenvalue weighted by atomic mass is 10.2. The molecule has 1 unspecified atom stereocenters. The summed E-state index contributed by atoms with van der Waals surface area (Å²) in [4.78, 5) is 13.0. The van der Waals surface area contributed by atoms with Crippen molar-refractivity contribution in [2.24, 2.45) is 5.73 Å². The number of benzene rings is 2. The molecule has 4 nitrogen and oxygen atoms in total. The lowest BCUT2D eigenvalue weighted by molar-refractivity contribution is 0.263. The monoisotopic (exact) mass is 378 g/mol. The second kappa shape index (κ2) is 8.51. The Morgan fingerprint density at radius 2 is 2.00 bits per heavy atom. The van der Waals surface area contributed by atoms with Gasteiger partial charge in [-0.1, -0.05) is 24.3 Å². The van der Waals surface area contributed by atoms with E-state index in [4.69, 9.17) is 10.5 Å². The van der Waals surface area contributed by atoms with E-state index >= 15 is 0 Å². The number of carbonyl (C=O) groups excluding carboxylic acids is 1. The zero-order valence-corrected chi connectivity index (χ0v) is 14.9. The minimum atomic E-state index is -0.944. The zero-order valence-electron chi connectivity index (χ0n) is 14.1. The van der Waals surface area contributed by atoms with Gasteiger partial charge in [-0.2, -0.15) is 0 Å². The number of thioether (sulfide) groups is 1. The quantitative estimate of drug-likeness (QED) is 0.823. The first kappa shape index (κ1) is 18.7. The molecule has 2 N–H and O–H groups in total. The minimum absolute atomic E-state index is 0.230. The Morgan fingerprint density at radius 3 is 2.69 bits per heavy atom. The summed E-state index contributed by atoms with van der Waals surface area (Å²) < 4.78 is 32.5. The molecule has 0 spiro atoms. The molecule has 138 valence electrons. The number of halogens is 2. The van der Waals surface area contributed by atoms with Gasteiger partial charge < -0.3 is 10.5 Å². The van der Waals surface area contributed by atoms with Gasteiger partial charge in [-0.05, 0) is 47.2 Å². The fourth-order valence-corrected chi connectivity index (χ4v) is 3.84. The molecule has 0 aliphatic carbocycles. The van der Waals surface area contributed by atoms with E-state index in [0.29, 0.717) is 25.3 Å². The fourth-order valence-electron chi connectivity index (χ4n) is 2.96. The summed E-state index contributed by atoms with van der Waals surface area (Å²) >= 11 is 0.973. The number of nitrogens with two attached hydrogens (primary N) is 1. The van der Waals surface area contributed by atoms with E-state index in [1.54, 1.807) is 12.1 Å². The van der Waals surface area contributed by atoms with Crippen LogP contribution >= 0.6 is 11.8 Å². The number of hydrogen-bond donors (Lipinski definition) is 1. The Hall–Kier alpha value is -2.12. The van der Waals surface area contributed by atoms with Gasteiger partial charge in [0.2, 0.25) is 0 Å². The third kappa shape index (κ3) is 5.19. The van der Waals surface area contributed by atoms with Crippen molar-refractivity contribution >= 4 is 17.0 Å². The number of carbonyl (C=O) groups is 1. The van der Waals surface area contributed by atoms with Crippen molar-refractivity contribution in [3.8, 4) is 5.75 Å². The number of hydrogen-bond acceptors (Lipinski definition) is 4. The number of rotatable bonds is 6. The molecular weight excluding hydrogens is 358 g/mol. The number of primary amides is 1. The summed E-state index contributed by atoms with van der Waals surface area (Å²) in [6.07, 6.45) is -0.636. The normalized spacial score (nSPS) is 20.2. The predicted molar refractivity (Wildman–Crippen MR) is 98.1 cm³/mol. The van der Waals surface area contributed by atoms with Crippen molar-refractivity contribution in [3.05, 3.63) is 65.5 Å². The maximum absolute atomic E-state index is 13.7. The highest BCUT2D eigenvalue weighted by molar-refractivity contribution is 8.14. The summed E-state index contributed by atoms with van der Waals surface area (Å²) in [6.45, 7) is 1.11. The highest BCUT2D eigenvalue weighted by atomic mass is 32.2. The zero-order chi connectivity index (χ0) is 18.5. The largest absolute Gasteiger partial charge is 0.489 e. The van der Waals surface area contributed by atoms with Gasteiger partial charge in [0.05, 0.1) is 5.37 Å². The van der Waals surface area contributed by atoms with E-state index in [-0.39, 0.29) is 17.8 Å². The third-order valence-corrected chi connectivity index (χ3v) is 5.15. The molecule has 0 saturated carbocycles. The van der Waals surface area contributed by atoms with Gasteiger partial charge in [0.1, 0.15) is 24.3 Å². The second-order valence-electron chi connectivity index (χ2n) is 6.22. The van der Waals surface area contributed by atoms with Crippen LogP contribution < -0.4 is 10.5 Å². The van der Waals surface area contributed by atoms with Crippen LogP contribution in [0.1, 0.15) is 17.5 Å². The van der Waals surface area contributed by atoms with Gasteiger partial charge in [0.15, 0.2) is 0 Å². The summed E-state index contributed by atoms with van der Waals surface area (Å²) in [5, 5.41) is -0.721. The van der Waals surface area contributed by atoms with Crippen molar-refractivity contribution in [3.63, 3.8) is 0 Å². The van der Waals surface area contributed by atoms with E-state index in [2.05, 4.69) is 0 Å². The molecule has 1 aliphatic rings. The average Bonchev–Trinajstić information content (AvgIpc) is 2.92. The smallest absolute Gasteiger partial charge is 0.278 e. The Bertz CT molecular complexity index is 757. The molecule has 1 heterocycles. The molecule has 0 bridgehead atoms. The molecule has 1 amide bonds. The number of nitrogens with zero attached hydrogens (tertiary/aromatic N) is 1. The molecule has 1 saturated heterocycles. The molecule has 26 heavy (non-hydrogen) atoms. The summed E-state index contributed by atoms with van der Waals surface area (Å²) in [7, 11) is 0. The van der Waals surface area contributed by atoms with Crippen molar-refractivity contribution in [1.82, 2.24) is 4.90 Å². The SMILES string of the molecule is NC(=O)SC1C[C@H](F)CN1Cc1ccc(OCc2cccc(F)c2)cc1. The van der Waals surface area contributed by atoms with E-state index < -0.39 is 11.4 Å². The van der Waals surface area contributed by atoms with Gasteiger partial charge in [-0.3, -0.25) is 9.69 Å². The average molecular weight is 378 g/mol. The summed E-state index contributed by atoms with van der Waals surface area (Å²) in [5.74, 6) is 0.382. The Labute approximate surface area is 155 Å². The number of ether oxygens (including phenoxy) is 1. The topological polar surface area (TPSA) is 55.6 Å². The van der Waals surface area contributed by atoms with Crippen LogP contribution in [0.15, 0.2) is 48.5 Å². The van der Waals surface area contributed by atoms with Gasteiger partial charge in [-0.25, -0.2) is 8.78 Å². The molecular formula is C19H20F2N2O2S. The fraction of sp³-hybridized carbons (Fsp3) is 0.316. The number of likely N-dealkylation sites (tertiary alicyclic amines) is 1. The van der Waals surface area contributed by atoms with Crippen LogP contribution in [0.4, 0.5) is 13.6 Å². The molecule has 7 heteroatoms. The molecule has 1 fully saturated rings. The Kier molecular flexibility index (Phi) is 6.11. The van der Waals surface area contributed by atoms with Crippen molar-refractivity contribution in [1.29, 1.82) is 0 Å². The first-order valence-corrected chi connectivity index (χ1v) is 9.18. The van der Waals surface area contributed by atoms with Crippen LogP contribution in [-0.4, -0.2) is 28.2 Å². The van der Waals surface area contributed by atoms with E-state index in [1.807, 2.05) is 29.2 Å². The van der Waals surface area contributed by atoms with Crippen LogP contribution in [0.5, 0.6) is 5.75 Å². The molecule has 2 aromatic rings. The first-order valence-electron chi connectivity index (χ1n) is 8.30. The van der Waals surface area contributed by atoms with E-state index in [1.165, 1.54) is 12.1 Å². The molecule has 0 aromatic heterocycles. The van der Waals surface area contributed by atoms with Crippen molar-refractivity contribution < 1.29 is 18.3 Å². The van der Waals surface area contributed by atoms with Crippen LogP contribution in [0.25, 0.3) is 0 Å². The lowest BCUT2D eigenvalue weighted by Gasteiger charge is -2.22. The highest BCUT2D eigenvalue weighted by Gasteiger charge is 2.33. The van der Waals surface area contributed by atoms with E-state index in [9.17, 15) is 13.6 Å². The standard InChI is InChI=1S/C19H20F2N2O2S/c20-15-3-1-2-14(8-15)12-25-17-6-4-13(5-7-17)10-23-11-16(21)9-18(23)26-19(22)24/h1-8,16,18H,9-12H2,(H2,22,24)/t16-,18?/m0/s1. The van der Waals surface area contributed by atoms with Crippen LogP contribution in [0.3, 0.4) is 0 Å². The van der Waals surface area contributed by atoms with E-state index in [0.717, 1.165) is 22.9 Å². The molecule has 3 rings (SSSR count). The number of amides is 1. The molecule has 1 aliphatic heterocycles. The Balaban J connectivity index is 1.56. The van der Waals surface area contributed by atoms with Crippen molar-refractivity contribution in [2.45, 2.75) is 31.1 Å². The summed E-state index contributed by atoms with van der Waals surface area (Å²) in [5.41, 5.74) is 6.97. The predicted octanol–water partition coefficient (Wildman–Crippen LogP) is 4.09. The second-order valence-corrected chi connectivity index (χ2v) is 7.40. The maximum Gasteiger partial charge on any atom is 0.278 e. The maximum atomic E-state index is 13.7. The lowest BCUT2D eigenvalue weighted by Crippen LogP contribution is -2.28. The minimum Gasteiger partial charge on any atom is -0.489 e.